The van der Waals surface area contributed by atoms with Gasteiger partial charge in [0.1, 0.15) is 0 Å². The van der Waals surface area contributed by atoms with Crippen molar-refractivity contribution in [2.75, 3.05) is 4.90 Å². The number of nitrogens with two attached hydrogens (primary N) is 1. The molecule has 2 aliphatic rings. The van der Waals surface area contributed by atoms with E-state index in [1.54, 1.807) is 0 Å². The van der Waals surface area contributed by atoms with Crippen molar-refractivity contribution < 1.29 is 0 Å². The molecule has 2 aromatic rings. The highest BCUT2D eigenvalue weighted by Crippen LogP contribution is 2.41. The van der Waals surface area contributed by atoms with Crippen LogP contribution in [0.25, 0.3) is 10.8 Å². The molecule has 0 saturated carbocycles. The number of anilines is 1. The van der Waals surface area contributed by atoms with Crippen LogP contribution in [0.4, 0.5) is 5.69 Å². The van der Waals surface area contributed by atoms with Gasteiger partial charge in [0.15, 0.2) is 0 Å². The van der Waals surface area contributed by atoms with Crippen LogP contribution in [0.2, 0.25) is 0 Å². The van der Waals surface area contributed by atoms with Crippen molar-refractivity contribution in [3.05, 3.63) is 36.7 Å². The van der Waals surface area contributed by atoms with E-state index in [2.05, 4.69) is 34.1 Å². The molecule has 3 heteroatoms. The Morgan fingerprint density at radius 2 is 1.89 bits per heavy atom. The smallest absolute Gasteiger partial charge is 0.0452 e. The third kappa shape index (κ3) is 1.72. The zero-order valence-corrected chi connectivity index (χ0v) is 11.0. The summed E-state index contributed by atoms with van der Waals surface area (Å²) in [5.74, 6) is 0. The Kier molecular flexibility index (Phi) is 2.49. The minimum absolute atomic E-state index is 0.394. The predicted octanol–water partition coefficient (Wildman–Crippen LogP) is 2.69. The Hall–Kier alpha value is -1.61. The predicted molar refractivity (Wildman–Crippen MR) is 78.2 cm³/mol. The fourth-order valence-electron chi connectivity index (χ4n) is 3.94. The van der Waals surface area contributed by atoms with Crippen LogP contribution in [-0.2, 0) is 0 Å². The van der Waals surface area contributed by atoms with Crippen LogP contribution in [0, 0.1) is 0 Å². The Morgan fingerprint density at radius 3 is 2.68 bits per heavy atom. The molecule has 2 atom stereocenters. The maximum atomic E-state index is 6.17. The van der Waals surface area contributed by atoms with Gasteiger partial charge in [0.25, 0.3) is 0 Å². The van der Waals surface area contributed by atoms with E-state index in [1.807, 2.05) is 12.4 Å². The standard InChI is InChI=1S/C16H19N3/c17-12-8-13-4-5-14(9-12)19(13)16-3-1-2-11-10-18-7-6-15(11)16/h1-3,6-7,10,12-14H,4-5,8-9,17H2. The highest BCUT2D eigenvalue weighted by molar-refractivity contribution is 5.94. The summed E-state index contributed by atoms with van der Waals surface area (Å²) in [5, 5.41) is 2.55. The van der Waals surface area contributed by atoms with Crippen molar-refractivity contribution in [1.82, 2.24) is 4.98 Å². The first-order valence-electron chi connectivity index (χ1n) is 7.19. The molecule has 2 fully saturated rings. The van der Waals surface area contributed by atoms with E-state index in [0.29, 0.717) is 18.1 Å². The molecule has 0 radical (unpaired) electrons. The van der Waals surface area contributed by atoms with Gasteiger partial charge >= 0.3 is 0 Å². The van der Waals surface area contributed by atoms with E-state index in [4.69, 9.17) is 5.73 Å². The first-order chi connectivity index (χ1) is 9.33. The molecule has 2 saturated heterocycles. The number of piperidine rings is 1. The van der Waals surface area contributed by atoms with Gasteiger partial charge in [0.05, 0.1) is 0 Å². The zero-order valence-electron chi connectivity index (χ0n) is 11.0. The van der Waals surface area contributed by atoms with Crippen LogP contribution in [0.5, 0.6) is 0 Å². The average Bonchev–Trinajstić information content (AvgIpc) is 2.70. The molecular weight excluding hydrogens is 234 g/mol. The second kappa shape index (κ2) is 4.20. The monoisotopic (exact) mass is 253 g/mol. The van der Waals surface area contributed by atoms with Gasteiger partial charge in [-0.3, -0.25) is 4.98 Å². The highest BCUT2D eigenvalue weighted by Gasteiger charge is 2.39. The maximum Gasteiger partial charge on any atom is 0.0452 e. The van der Waals surface area contributed by atoms with Crippen LogP contribution < -0.4 is 10.6 Å². The lowest BCUT2D eigenvalue weighted by Crippen LogP contribution is -2.47. The van der Waals surface area contributed by atoms with Crippen molar-refractivity contribution in [2.24, 2.45) is 5.73 Å². The van der Waals surface area contributed by atoms with Gasteiger partial charge in [-0.2, -0.15) is 0 Å². The van der Waals surface area contributed by atoms with E-state index >= 15 is 0 Å². The summed E-state index contributed by atoms with van der Waals surface area (Å²) in [6, 6.07) is 10.3. The molecule has 0 aliphatic carbocycles. The lowest BCUT2D eigenvalue weighted by molar-refractivity contribution is 0.415. The molecule has 19 heavy (non-hydrogen) atoms. The molecule has 1 aromatic carbocycles. The van der Waals surface area contributed by atoms with Gasteiger partial charge in [-0.15, -0.1) is 0 Å². The first kappa shape index (κ1) is 11.2. The molecule has 1 aromatic heterocycles. The second-order valence-corrected chi connectivity index (χ2v) is 5.90. The third-order valence-electron chi connectivity index (χ3n) is 4.71. The van der Waals surface area contributed by atoms with Crippen molar-refractivity contribution in [3.8, 4) is 0 Å². The summed E-state index contributed by atoms with van der Waals surface area (Å²) in [4.78, 5) is 6.86. The van der Waals surface area contributed by atoms with Gasteiger partial charge in [0, 0.05) is 47.0 Å². The second-order valence-electron chi connectivity index (χ2n) is 5.90. The summed E-state index contributed by atoms with van der Waals surface area (Å²) in [5.41, 5.74) is 7.55. The van der Waals surface area contributed by atoms with Gasteiger partial charge in [-0.05, 0) is 37.8 Å². The van der Waals surface area contributed by atoms with Crippen LogP contribution >= 0.6 is 0 Å². The SMILES string of the molecule is NC1CC2CCC(C1)N2c1cccc2cnccc12. The molecule has 3 nitrogen and oxygen atoms in total. The van der Waals surface area contributed by atoms with Crippen LogP contribution in [-0.4, -0.2) is 23.1 Å². The van der Waals surface area contributed by atoms with E-state index in [9.17, 15) is 0 Å². The summed E-state index contributed by atoms with van der Waals surface area (Å²) in [7, 11) is 0. The Labute approximate surface area is 113 Å². The van der Waals surface area contributed by atoms with Crippen molar-refractivity contribution in [3.63, 3.8) is 0 Å². The van der Waals surface area contributed by atoms with Crippen LogP contribution in [0.15, 0.2) is 36.7 Å². The Morgan fingerprint density at radius 1 is 1.11 bits per heavy atom. The normalized spacial score (nSPS) is 29.9. The van der Waals surface area contributed by atoms with Crippen LogP contribution in [0.1, 0.15) is 25.7 Å². The fourth-order valence-corrected chi connectivity index (χ4v) is 3.94. The maximum absolute atomic E-state index is 6.17. The number of hydrogen-bond acceptors (Lipinski definition) is 3. The molecule has 3 heterocycles. The minimum atomic E-state index is 0.394. The Balaban J connectivity index is 1.83. The van der Waals surface area contributed by atoms with Crippen molar-refractivity contribution in [2.45, 2.75) is 43.8 Å². The molecule has 4 rings (SSSR count). The van der Waals surface area contributed by atoms with Gasteiger partial charge in [-0.1, -0.05) is 12.1 Å². The first-order valence-corrected chi connectivity index (χ1v) is 7.19. The quantitative estimate of drug-likeness (QED) is 0.849. The number of aromatic nitrogens is 1. The molecular formula is C16H19N3. The van der Waals surface area contributed by atoms with Crippen molar-refractivity contribution >= 4 is 16.5 Å². The fraction of sp³-hybridized carbons (Fsp3) is 0.438. The largest absolute Gasteiger partial charge is 0.365 e. The number of nitrogens with zero attached hydrogens (tertiary/aromatic N) is 2. The minimum Gasteiger partial charge on any atom is -0.365 e. The number of rotatable bonds is 1. The number of hydrogen-bond donors (Lipinski definition) is 1. The summed E-state index contributed by atoms with van der Waals surface area (Å²) in [6.45, 7) is 0. The topological polar surface area (TPSA) is 42.1 Å². The zero-order chi connectivity index (χ0) is 12.8. The van der Waals surface area contributed by atoms with E-state index in [0.717, 1.165) is 12.8 Å². The summed E-state index contributed by atoms with van der Waals surface area (Å²) < 4.78 is 0. The molecule has 0 spiro atoms. The third-order valence-corrected chi connectivity index (χ3v) is 4.71. The summed E-state index contributed by atoms with van der Waals surface area (Å²) >= 11 is 0. The number of benzene rings is 1. The Bertz CT molecular complexity index is 590. The van der Waals surface area contributed by atoms with Gasteiger partial charge < -0.3 is 10.6 Å². The lowest BCUT2D eigenvalue weighted by Gasteiger charge is -2.40. The van der Waals surface area contributed by atoms with E-state index in [-0.39, 0.29) is 0 Å². The van der Waals surface area contributed by atoms with Gasteiger partial charge in [0.2, 0.25) is 0 Å². The molecule has 0 amide bonds. The molecule has 2 bridgehead atoms. The van der Waals surface area contributed by atoms with E-state index in [1.165, 1.54) is 29.3 Å². The molecule has 2 N–H and O–H groups in total. The molecule has 2 aliphatic heterocycles. The highest BCUT2D eigenvalue weighted by atomic mass is 15.2. The molecule has 2 unspecified atom stereocenters. The van der Waals surface area contributed by atoms with Crippen LogP contribution in [0.3, 0.4) is 0 Å². The van der Waals surface area contributed by atoms with Gasteiger partial charge in [-0.25, -0.2) is 0 Å². The number of pyridine rings is 1. The molecule has 98 valence electrons. The van der Waals surface area contributed by atoms with E-state index < -0.39 is 0 Å². The number of fused-ring (bicyclic) bond motifs is 3. The average molecular weight is 253 g/mol. The lowest BCUT2D eigenvalue weighted by atomic mass is 9.96. The van der Waals surface area contributed by atoms with Crippen molar-refractivity contribution in [1.29, 1.82) is 0 Å². The summed E-state index contributed by atoms with van der Waals surface area (Å²) in [6.07, 6.45) is 8.70.